The first kappa shape index (κ1) is 21.8. The van der Waals surface area contributed by atoms with Crippen LogP contribution >= 0.6 is 0 Å². The SMILES string of the molecule is CCC(=O)c1ccc(OCC(=O)OCC(=O)N[C@H](C)C23CC4CC(CC(C4)C2)C3)cc1. The molecule has 168 valence electrons. The Hall–Kier alpha value is -2.37. The Kier molecular flexibility index (Phi) is 6.35. The van der Waals surface area contributed by atoms with E-state index in [1.54, 1.807) is 24.3 Å². The standard InChI is InChI=1S/C25H33NO5/c1-3-22(27)20-4-6-21(7-5-20)30-15-24(29)31-14-23(28)26-16(2)25-11-17-8-18(12-25)10-19(9-17)13-25/h4-7,16-19H,3,8-15H2,1-2H3,(H,26,28)/t16-,17?,18?,19?,25?/m1/s1. The predicted molar refractivity (Wildman–Crippen MR) is 116 cm³/mol. The molecule has 4 aliphatic rings. The maximum absolute atomic E-state index is 12.4. The van der Waals surface area contributed by atoms with Crippen molar-refractivity contribution in [3.05, 3.63) is 29.8 Å². The minimum Gasteiger partial charge on any atom is -0.482 e. The molecule has 0 saturated heterocycles. The lowest BCUT2D eigenvalue weighted by molar-refractivity contribution is -0.151. The van der Waals surface area contributed by atoms with Crippen molar-refractivity contribution in [2.45, 2.75) is 64.8 Å². The largest absolute Gasteiger partial charge is 0.482 e. The van der Waals surface area contributed by atoms with Crippen molar-refractivity contribution in [1.29, 1.82) is 0 Å². The van der Waals surface area contributed by atoms with Gasteiger partial charge in [-0.3, -0.25) is 9.59 Å². The third-order valence-electron chi connectivity index (χ3n) is 7.60. The summed E-state index contributed by atoms with van der Waals surface area (Å²) in [4.78, 5) is 36.0. The lowest BCUT2D eigenvalue weighted by atomic mass is 9.48. The maximum atomic E-state index is 12.4. The topological polar surface area (TPSA) is 81.7 Å². The quantitative estimate of drug-likeness (QED) is 0.477. The van der Waals surface area contributed by atoms with Crippen LogP contribution in [-0.4, -0.2) is 36.9 Å². The number of carbonyl (C=O) groups excluding carboxylic acids is 3. The molecule has 1 N–H and O–H groups in total. The zero-order chi connectivity index (χ0) is 22.0. The van der Waals surface area contributed by atoms with Gasteiger partial charge < -0.3 is 14.8 Å². The fourth-order valence-corrected chi connectivity index (χ4v) is 6.42. The van der Waals surface area contributed by atoms with Crippen LogP contribution in [-0.2, 0) is 14.3 Å². The van der Waals surface area contributed by atoms with E-state index in [0.29, 0.717) is 17.7 Å². The zero-order valence-electron chi connectivity index (χ0n) is 18.5. The summed E-state index contributed by atoms with van der Waals surface area (Å²) in [5.74, 6) is 2.17. The molecule has 4 aliphatic carbocycles. The van der Waals surface area contributed by atoms with E-state index in [4.69, 9.17) is 9.47 Å². The first-order chi connectivity index (χ1) is 14.9. The van der Waals surface area contributed by atoms with Gasteiger partial charge in [0.25, 0.3) is 5.91 Å². The van der Waals surface area contributed by atoms with Crippen LogP contribution in [0.4, 0.5) is 0 Å². The molecule has 4 fully saturated rings. The molecule has 5 rings (SSSR count). The van der Waals surface area contributed by atoms with Crippen molar-refractivity contribution in [3.8, 4) is 5.75 Å². The van der Waals surface area contributed by atoms with E-state index in [2.05, 4.69) is 12.2 Å². The van der Waals surface area contributed by atoms with E-state index in [1.807, 2.05) is 6.92 Å². The summed E-state index contributed by atoms with van der Waals surface area (Å²) in [5, 5.41) is 3.10. The monoisotopic (exact) mass is 427 g/mol. The van der Waals surface area contributed by atoms with Gasteiger partial charge >= 0.3 is 5.97 Å². The lowest BCUT2D eigenvalue weighted by Gasteiger charge is -2.59. The lowest BCUT2D eigenvalue weighted by Crippen LogP contribution is -2.56. The van der Waals surface area contributed by atoms with Gasteiger partial charge in [0, 0.05) is 18.0 Å². The van der Waals surface area contributed by atoms with Crippen LogP contribution in [0.25, 0.3) is 0 Å². The third kappa shape index (κ3) is 4.94. The number of hydrogen-bond acceptors (Lipinski definition) is 5. The van der Waals surface area contributed by atoms with Gasteiger partial charge in [-0.25, -0.2) is 4.79 Å². The first-order valence-electron chi connectivity index (χ1n) is 11.6. The molecule has 0 aliphatic heterocycles. The highest BCUT2D eigenvalue weighted by molar-refractivity contribution is 5.95. The zero-order valence-corrected chi connectivity index (χ0v) is 18.5. The minimum absolute atomic E-state index is 0.0553. The van der Waals surface area contributed by atoms with Crippen molar-refractivity contribution in [3.63, 3.8) is 0 Å². The molecule has 1 atom stereocenters. The van der Waals surface area contributed by atoms with Crippen LogP contribution in [0.3, 0.4) is 0 Å². The fourth-order valence-electron chi connectivity index (χ4n) is 6.42. The van der Waals surface area contributed by atoms with Gasteiger partial charge in [-0.2, -0.15) is 0 Å². The molecule has 0 aromatic heterocycles. The highest BCUT2D eigenvalue weighted by Gasteiger charge is 2.53. The van der Waals surface area contributed by atoms with Crippen LogP contribution in [0.2, 0.25) is 0 Å². The number of amides is 1. The van der Waals surface area contributed by atoms with Gasteiger partial charge in [-0.1, -0.05) is 6.92 Å². The summed E-state index contributed by atoms with van der Waals surface area (Å²) in [7, 11) is 0. The Labute approximate surface area is 184 Å². The van der Waals surface area contributed by atoms with E-state index in [0.717, 1.165) is 17.8 Å². The van der Waals surface area contributed by atoms with E-state index < -0.39 is 5.97 Å². The molecule has 4 bridgehead atoms. The summed E-state index contributed by atoms with van der Waals surface area (Å²) >= 11 is 0. The normalized spacial score (nSPS) is 29.3. The molecule has 4 saturated carbocycles. The summed E-state index contributed by atoms with van der Waals surface area (Å²) < 4.78 is 10.5. The van der Waals surface area contributed by atoms with E-state index in [-0.39, 0.29) is 36.4 Å². The number of benzene rings is 1. The van der Waals surface area contributed by atoms with Gasteiger partial charge in [-0.15, -0.1) is 0 Å². The number of esters is 1. The molecule has 1 aromatic rings. The molecule has 6 nitrogen and oxygen atoms in total. The average molecular weight is 428 g/mol. The smallest absolute Gasteiger partial charge is 0.344 e. The number of carbonyl (C=O) groups is 3. The summed E-state index contributed by atoms with van der Waals surface area (Å²) in [6, 6.07) is 6.75. The Morgan fingerprint density at radius 2 is 1.58 bits per heavy atom. The van der Waals surface area contributed by atoms with Crippen LogP contribution < -0.4 is 10.1 Å². The number of ether oxygens (including phenoxy) is 2. The highest BCUT2D eigenvalue weighted by atomic mass is 16.6. The average Bonchev–Trinajstić information content (AvgIpc) is 2.75. The fraction of sp³-hybridized carbons (Fsp3) is 0.640. The second kappa shape index (κ2) is 9.01. The Balaban J connectivity index is 1.19. The Morgan fingerprint density at radius 1 is 1.00 bits per heavy atom. The van der Waals surface area contributed by atoms with Gasteiger partial charge in [-0.05, 0) is 92.9 Å². The molecule has 31 heavy (non-hydrogen) atoms. The maximum Gasteiger partial charge on any atom is 0.344 e. The number of ketones is 1. The van der Waals surface area contributed by atoms with Gasteiger partial charge in [0.1, 0.15) is 5.75 Å². The number of rotatable bonds is 9. The summed E-state index contributed by atoms with van der Waals surface area (Å²) in [5.41, 5.74) is 0.838. The van der Waals surface area contributed by atoms with Gasteiger partial charge in [0.15, 0.2) is 19.0 Å². The van der Waals surface area contributed by atoms with Crippen molar-refractivity contribution in [1.82, 2.24) is 5.32 Å². The predicted octanol–water partition coefficient (Wildman–Crippen LogP) is 3.92. The van der Waals surface area contributed by atoms with Gasteiger partial charge in [0.05, 0.1) is 0 Å². The molecule has 0 heterocycles. The molecule has 0 spiro atoms. The molecule has 6 heteroatoms. The van der Waals surface area contributed by atoms with Crippen molar-refractivity contribution in [2.75, 3.05) is 13.2 Å². The van der Waals surface area contributed by atoms with Crippen LogP contribution in [0.1, 0.15) is 69.2 Å². The third-order valence-corrected chi connectivity index (χ3v) is 7.60. The molecule has 0 unspecified atom stereocenters. The van der Waals surface area contributed by atoms with E-state index in [9.17, 15) is 14.4 Å². The first-order valence-corrected chi connectivity index (χ1v) is 11.6. The Bertz CT molecular complexity index is 796. The minimum atomic E-state index is -0.591. The number of nitrogens with one attached hydrogen (secondary N) is 1. The van der Waals surface area contributed by atoms with Gasteiger partial charge in [0.2, 0.25) is 0 Å². The molecule has 0 radical (unpaired) electrons. The van der Waals surface area contributed by atoms with Crippen molar-refractivity contribution >= 4 is 17.7 Å². The Morgan fingerprint density at radius 3 is 2.13 bits per heavy atom. The van der Waals surface area contributed by atoms with Crippen molar-refractivity contribution < 1.29 is 23.9 Å². The summed E-state index contributed by atoms with van der Waals surface area (Å²) in [6.07, 6.45) is 8.21. The van der Waals surface area contributed by atoms with Crippen LogP contribution in [0.5, 0.6) is 5.75 Å². The molecular formula is C25H33NO5. The van der Waals surface area contributed by atoms with E-state index >= 15 is 0 Å². The number of Topliss-reactive ketones (excluding diaryl/α,β-unsaturated/α-hetero) is 1. The van der Waals surface area contributed by atoms with E-state index in [1.165, 1.54) is 38.5 Å². The van der Waals surface area contributed by atoms with Crippen LogP contribution in [0.15, 0.2) is 24.3 Å². The molecule has 1 amide bonds. The second-order valence-electron chi connectivity index (χ2n) is 9.82. The second-order valence-corrected chi connectivity index (χ2v) is 9.82. The van der Waals surface area contributed by atoms with Crippen molar-refractivity contribution in [2.24, 2.45) is 23.2 Å². The highest BCUT2D eigenvalue weighted by Crippen LogP contribution is 2.61. The molecular weight excluding hydrogens is 394 g/mol. The number of hydrogen-bond donors (Lipinski definition) is 1. The summed E-state index contributed by atoms with van der Waals surface area (Å²) in [6.45, 7) is 3.35. The van der Waals surface area contributed by atoms with Crippen LogP contribution in [0, 0.1) is 23.2 Å². The molecule has 1 aromatic carbocycles.